The molecule has 0 saturated heterocycles. The normalized spacial score (nSPS) is 20.8. The van der Waals surface area contributed by atoms with Crippen molar-refractivity contribution >= 4 is 5.91 Å². The molecule has 13 heavy (non-hydrogen) atoms. The molecule has 1 aliphatic heterocycles. The number of hydrogen-bond acceptors (Lipinski definition) is 4. The molecule has 0 aliphatic carbocycles. The maximum Gasteiger partial charge on any atom is 0.238 e. The fraction of sp³-hybridized carbons (Fsp3) is 0.571. The number of aromatic nitrogens is 3. The number of hydrogen-bond donors (Lipinski definition) is 2. The number of carbonyl (C=O) groups is 1. The van der Waals surface area contributed by atoms with Gasteiger partial charge in [0.2, 0.25) is 5.91 Å². The molecule has 2 heterocycles. The predicted octanol–water partition coefficient (Wildman–Crippen LogP) is -1.17. The van der Waals surface area contributed by atoms with E-state index in [1.165, 1.54) is 0 Å². The number of nitrogens with zero attached hydrogens (tertiary/aromatic N) is 3. The van der Waals surface area contributed by atoms with Gasteiger partial charge in [0.25, 0.3) is 0 Å². The van der Waals surface area contributed by atoms with Crippen molar-refractivity contribution in [2.75, 3.05) is 0 Å². The number of hydrazine groups is 1. The summed E-state index contributed by atoms with van der Waals surface area (Å²) >= 11 is 0. The Kier molecular flexibility index (Phi) is 1.97. The Balaban J connectivity index is 2.13. The summed E-state index contributed by atoms with van der Waals surface area (Å²) in [4.78, 5) is 11.2. The molecule has 1 atom stereocenters. The average Bonchev–Trinajstić information content (AvgIpc) is 2.63. The SMILES string of the molecule is NNC(=O)[C@@H]1CCc2nncn2C1. The molecule has 6 heteroatoms. The summed E-state index contributed by atoms with van der Waals surface area (Å²) in [5.41, 5.74) is 2.16. The first-order valence-electron chi connectivity index (χ1n) is 4.18. The fourth-order valence-corrected chi connectivity index (χ4v) is 1.59. The van der Waals surface area contributed by atoms with Crippen LogP contribution in [0.25, 0.3) is 0 Å². The highest BCUT2D eigenvalue weighted by Crippen LogP contribution is 2.17. The molecule has 1 amide bonds. The third-order valence-corrected chi connectivity index (χ3v) is 2.34. The molecule has 6 nitrogen and oxygen atoms in total. The lowest BCUT2D eigenvalue weighted by Gasteiger charge is -2.20. The zero-order chi connectivity index (χ0) is 9.26. The number of rotatable bonds is 1. The minimum absolute atomic E-state index is 0.0477. The molecular weight excluding hydrogens is 170 g/mol. The molecule has 0 fully saturated rings. The van der Waals surface area contributed by atoms with Gasteiger partial charge in [-0.15, -0.1) is 10.2 Å². The third kappa shape index (κ3) is 1.40. The first-order valence-corrected chi connectivity index (χ1v) is 4.18. The summed E-state index contributed by atoms with van der Waals surface area (Å²) in [6.45, 7) is 0.630. The molecule has 0 saturated carbocycles. The van der Waals surface area contributed by atoms with Gasteiger partial charge in [-0.25, -0.2) is 5.84 Å². The minimum atomic E-state index is -0.112. The Labute approximate surface area is 75.1 Å². The number of fused-ring (bicyclic) bond motifs is 1. The number of nitrogens with two attached hydrogens (primary N) is 1. The van der Waals surface area contributed by atoms with Crippen molar-refractivity contribution < 1.29 is 4.79 Å². The summed E-state index contributed by atoms with van der Waals surface area (Å²) in [6.07, 6.45) is 3.23. The average molecular weight is 181 g/mol. The molecule has 0 aromatic carbocycles. The maximum atomic E-state index is 11.2. The van der Waals surface area contributed by atoms with E-state index in [4.69, 9.17) is 5.84 Å². The molecule has 2 rings (SSSR count). The van der Waals surface area contributed by atoms with E-state index < -0.39 is 0 Å². The molecule has 0 bridgehead atoms. The predicted molar refractivity (Wildman–Crippen MR) is 44.2 cm³/mol. The largest absolute Gasteiger partial charge is 0.317 e. The van der Waals surface area contributed by atoms with Crippen LogP contribution in [0.4, 0.5) is 0 Å². The van der Waals surface area contributed by atoms with E-state index in [1.54, 1.807) is 6.33 Å². The zero-order valence-corrected chi connectivity index (χ0v) is 7.10. The summed E-state index contributed by atoms with van der Waals surface area (Å²) in [5, 5.41) is 7.70. The van der Waals surface area contributed by atoms with Crippen LogP contribution in [0.1, 0.15) is 12.2 Å². The van der Waals surface area contributed by atoms with Gasteiger partial charge < -0.3 is 4.57 Å². The summed E-state index contributed by atoms with van der Waals surface area (Å²) in [5.74, 6) is 5.84. The zero-order valence-electron chi connectivity index (χ0n) is 7.10. The molecule has 0 spiro atoms. The molecule has 70 valence electrons. The van der Waals surface area contributed by atoms with Crippen molar-refractivity contribution in [2.45, 2.75) is 19.4 Å². The summed E-state index contributed by atoms with van der Waals surface area (Å²) in [6, 6.07) is 0. The molecule has 0 radical (unpaired) electrons. The highest BCUT2D eigenvalue weighted by Gasteiger charge is 2.24. The van der Waals surface area contributed by atoms with Gasteiger partial charge in [0.05, 0.1) is 5.92 Å². The van der Waals surface area contributed by atoms with Crippen molar-refractivity contribution in [3.05, 3.63) is 12.2 Å². The molecule has 1 aromatic heterocycles. The van der Waals surface area contributed by atoms with Gasteiger partial charge >= 0.3 is 0 Å². The Morgan fingerprint density at radius 3 is 3.38 bits per heavy atom. The second-order valence-electron chi connectivity index (χ2n) is 3.14. The highest BCUT2D eigenvalue weighted by molar-refractivity contribution is 5.78. The van der Waals surface area contributed by atoms with Crippen molar-refractivity contribution in [2.24, 2.45) is 11.8 Å². The lowest BCUT2D eigenvalue weighted by molar-refractivity contribution is -0.126. The Hall–Kier alpha value is -1.43. The van der Waals surface area contributed by atoms with E-state index in [2.05, 4.69) is 15.6 Å². The van der Waals surface area contributed by atoms with E-state index in [-0.39, 0.29) is 11.8 Å². The monoisotopic (exact) mass is 181 g/mol. The van der Waals surface area contributed by atoms with E-state index in [9.17, 15) is 4.79 Å². The van der Waals surface area contributed by atoms with E-state index in [1.807, 2.05) is 4.57 Å². The van der Waals surface area contributed by atoms with E-state index >= 15 is 0 Å². The molecule has 1 aliphatic rings. The van der Waals surface area contributed by atoms with Gasteiger partial charge in [-0.2, -0.15) is 0 Å². The smallest absolute Gasteiger partial charge is 0.238 e. The van der Waals surface area contributed by atoms with Crippen LogP contribution in [-0.4, -0.2) is 20.7 Å². The number of aryl methyl sites for hydroxylation is 1. The van der Waals surface area contributed by atoms with Crippen LogP contribution >= 0.6 is 0 Å². The van der Waals surface area contributed by atoms with Crippen molar-refractivity contribution in [3.8, 4) is 0 Å². The molecular formula is C7H11N5O. The minimum Gasteiger partial charge on any atom is -0.317 e. The first kappa shape index (κ1) is 8.18. The second-order valence-corrected chi connectivity index (χ2v) is 3.14. The van der Waals surface area contributed by atoms with Gasteiger partial charge in [0, 0.05) is 13.0 Å². The topological polar surface area (TPSA) is 85.8 Å². The van der Waals surface area contributed by atoms with Crippen LogP contribution in [0, 0.1) is 5.92 Å². The van der Waals surface area contributed by atoms with Crippen LogP contribution in [0.5, 0.6) is 0 Å². The van der Waals surface area contributed by atoms with Crippen LogP contribution < -0.4 is 11.3 Å². The van der Waals surface area contributed by atoms with Gasteiger partial charge in [0.1, 0.15) is 12.2 Å². The lowest BCUT2D eigenvalue weighted by Crippen LogP contribution is -2.39. The number of nitrogens with one attached hydrogen (secondary N) is 1. The lowest BCUT2D eigenvalue weighted by atomic mass is 9.99. The standard InChI is InChI=1S/C7H11N5O/c8-10-7(13)5-1-2-6-11-9-4-12(6)3-5/h4-5H,1-3,8H2,(H,10,13)/t5-/m1/s1. The van der Waals surface area contributed by atoms with Gasteiger partial charge in [0.15, 0.2) is 0 Å². The number of carbonyl (C=O) groups excluding carboxylic acids is 1. The van der Waals surface area contributed by atoms with Crippen molar-refractivity contribution in [1.29, 1.82) is 0 Å². The summed E-state index contributed by atoms with van der Waals surface area (Å²) in [7, 11) is 0. The van der Waals surface area contributed by atoms with Gasteiger partial charge in [-0.1, -0.05) is 0 Å². The second kappa shape index (κ2) is 3.14. The fourth-order valence-electron chi connectivity index (χ4n) is 1.59. The van der Waals surface area contributed by atoms with Crippen LogP contribution in [0.2, 0.25) is 0 Å². The van der Waals surface area contributed by atoms with E-state index in [0.717, 1.165) is 18.7 Å². The van der Waals surface area contributed by atoms with Gasteiger partial charge in [-0.05, 0) is 6.42 Å². The third-order valence-electron chi connectivity index (χ3n) is 2.34. The first-order chi connectivity index (χ1) is 6.31. The maximum absolute atomic E-state index is 11.2. The van der Waals surface area contributed by atoms with Crippen LogP contribution in [-0.2, 0) is 17.8 Å². The number of amides is 1. The molecule has 1 aromatic rings. The molecule has 3 N–H and O–H groups in total. The Morgan fingerprint density at radius 2 is 2.62 bits per heavy atom. The van der Waals surface area contributed by atoms with Crippen LogP contribution in [0.15, 0.2) is 6.33 Å². The van der Waals surface area contributed by atoms with Crippen molar-refractivity contribution in [1.82, 2.24) is 20.2 Å². The highest BCUT2D eigenvalue weighted by atomic mass is 16.2. The van der Waals surface area contributed by atoms with Gasteiger partial charge in [-0.3, -0.25) is 10.2 Å². The Morgan fingerprint density at radius 1 is 1.77 bits per heavy atom. The van der Waals surface area contributed by atoms with Crippen molar-refractivity contribution in [3.63, 3.8) is 0 Å². The quantitative estimate of drug-likeness (QED) is 0.325. The summed E-state index contributed by atoms with van der Waals surface area (Å²) < 4.78 is 1.89. The van der Waals surface area contributed by atoms with E-state index in [0.29, 0.717) is 6.54 Å². The van der Waals surface area contributed by atoms with Crippen LogP contribution in [0.3, 0.4) is 0 Å². The Bertz CT molecular complexity index is 320. The molecule has 0 unspecified atom stereocenters.